The highest BCUT2D eigenvalue weighted by atomic mass is 16.6. The third kappa shape index (κ3) is 17.2. The second kappa shape index (κ2) is 18.7. The molecule has 0 aliphatic heterocycles. The van der Waals surface area contributed by atoms with E-state index >= 15 is 0 Å². The molecule has 0 spiro atoms. The van der Waals surface area contributed by atoms with E-state index in [2.05, 4.69) is 11.7 Å². The Balaban J connectivity index is 3.18. The van der Waals surface area contributed by atoms with Gasteiger partial charge in [0.25, 0.3) is 5.79 Å². The summed E-state index contributed by atoms with van der Waals surface area (Å²) in [7, 11) is 1.17. The molecule has 0 amide bonds. The third-order valence-electron chi connectivity index (χ3n) is 5.39. The molecule has 0 aromatic heterocycles. The fourth-order valence-corrected chi connectivity index (χ4v) is 3.54. The van der Waals surface area contributed by atoms with Crippen LogP contribution >= 0.6 is 0 Å². The summed E-state index contributed by atoms with van der Waals surface area (Å²) in [5, 5.41) is 19.0. The summed E-state index contributed by atoms with van der Waals surface area (Å²) < 4.78 is 4.36. The van der Waals surface area contributed by atoms with Gasteiger partial charge in [0.1, 0.15) is 0 Å². The fourth-order valence-electron chi connectivity index (χ4n) is 3.54. The smallest absolute Gasteiger partial charge is 0.366 e. The summed E-state index contributed by atoms with van der Waals surface area (Å²) in [5.41, 5.74) is 0. The molecule has 0 fully saturated rings. The molecule has 27 heavy (non-hydrogen) atoms. The summed E-state index contributed by atoms with van der Waals surface area (Å²) in [5.74, 6) is -3.28. The Bertz CT molecular complexity index is 328. The standard InChI is InChI=1S/C23H46O4/c1-3-4-5-6-7-8-9-10-11-12-13-14-15-16-17-18-19-20-21-23(25,26)22(24)27-2/h25-26H,3-21H2,1-2H3. The minimum atomic E-state index is -2.32. The van der Waals surface area contributed by atoms with Gasteiger partial charge in [-0.2, -0.15) is 0 Å². The van der Waals surface area contributed by atoms with E-state index in [0.29, 0.717) is 6.42 Å². The predicted molar refractivity (Wildman–Crippen MR) is 113 cm³/mol. The highest BCUT2D eigenvalue weighted by Crippen LogP contribution is 2.17. The van der Waals surface area contributed by atoms with E-state index in [9.17, 15) is 15.0 Å². The number of ether oxygens (including phenoxy) is 1. The maximum Gasteiger partial charge on any atom is 0.366 e. The highest BCUT2D eigenvalue weighted by molar-refractivity contribution is 5.76. The monoisotopic (exact) mass is 386 g/mol. The van der Waals surface area contributed by atoms with Crippen molar-refractivity contribution in [3.05, 3.63) is 0 Å². The van der Waals surface area contributed by atoms with Crippen LogP contribution < -0.4 is 0 Å². The van der Waals surface area contributed by atoms with Gasteiger partial charge in [-0.25, -0.2) is 4.79 Å². The number of unbranched alkanes of at least 4 members (excludes halogenated alkanes) is 17. The SMILES string of the molecule is CCCCCCCCCCCCCCCCCCCCC(O)(O)C(=O)OC. The molecule has 162 valence electrons. The zero-order valence-corrected chi connectivity index (χ0v) is 18.1. The van der Waals surface area contributed by atoms with Crippen molar-refractivity contribution >= 4 is 5.97 Å². The van der Waals surface area contributed by atoms with Crippen molar-refractivity contribution in [2.75, 3.05) is 7.11 Å². The average Bonchev–Trinajstić information content (AvgIpc) is 2.66. The lowest BCUT2D eigenvalue weighted by molar-refractivity contribution is -0.209. The molecule has 0 rings (SSSR count). The highest BCUT2D eigenvalue weighted by Gasteiger charge is 2.33. The number of hydrogen-bond acceptors (Lipinski definition) is 4. The Morgan fingerprint density at radius 3 is 1.22 bits per heavy atom. The first-order valence-corrected chi connectivity index (χ1v) is 11.6. The van der Waals surface area contributed by atoms with E-state index in [1.807, 2.05) is 0 Å². The molecule has 0 bridgehead atoms. The van der Waals surface area contributed by atoms with Crippen molar-refractivity contribution < 1.29 is 19.7 Å². The Morgan fingerprint density at radius 2 is 0.926 bits per heavy atom. The van der Waals surface area contributed by atoms with Crippen LogP contribution in [0, 0.1) is 0 Å². The molecule has 4 nitrogen and oxygen atoms in total. The van der Waals surface area contributed by atoms with Gasteiger partial charge >= 0.3 is 5.97 Å². The first kappa shape index (κ1) is 26.4. The van der Waals surface area contributed by atoms with Crippen molar-refractivity contribution in [1.82, 2.24) is 0 Å². The molecule has 0 atom stereocenters. The van der Waals surface area contributed by atoms with Crippen molar-refractivity contribution in [2.24, 2.45) is 0 Å². The first-order chi connectivity index (χ1) is 13.0. The van der Waals surface area contributed by atoms with E-state index in [1.54, 1.807) is 0 Å². The number of rotatable bonds is 20. The van der Waals surface area contributed by atoms with Crippen molar-refractivity contribution in [1.29, 1.82) is 0 Å². The minimum Gasteiger partial charge on any atom is -0.465 e. The van der Waals surface area contributed by atoms with Gasteiger partial charge in [-0.3, -0.25) is 0 Å². The lowest BCUT2D eigenvalue weighted by Crippen LogP contribution is -2.39. The lowest BCUT2D eigenvalue weighted by Gasteiger charge is -2.18. The minimum absolute atomic E-state index is 0.0540. The van der Waals surface area contributed by atoms with E-state index in [-0.39, 0.29) is 6.42 Å². The molecule has 0 aromatic carbocycles. The van der Waals surface area contributed by atoms with Gasteiger partial charge in [0, 0.05) is 6.42 Å². The van der Waals surface area contributed by atoms with Gasteiger partial charge in [-0.05, 0) is 6.42 Å². The maximum absolute atomic E-state index is 11.1. The summed E-state index contributed by atoms with van der Waals surface area (Å²) in [6, 6.07) is 0. The van der Waals surface area contributed by atoms with Crippen LogP contribution in [0.4, 0.5) is 0 Å². The van der Waals surface area contributed by atoms with Crippen LogP contribution in [0.3, 0.4) is 0 Å². The topological polar surface area (TPSA) is 66.8 Å². The summed E-state index contributed by atoms with van der Waals surface area (Å²) in [6.07, 6.45) is 23.3. The Morgan fingerprint density at radius 1 is 0.630 bits per heavy atom. The fraction of sp³-hybridized carbons (Fsp3) is 0.957. The van der Waals surface area contributed by atoms with Gasteiger partial charge in [0.15, 0.2) is 0 Å². The quantitative estimate of drug-likeness (QED) is 0.147. The summed E-state index contributed by atoms with van der Waals surface area (Å²) in [4.78, 5) is 11.1. The van der Waals surface area contributed by atoms with Crippen LogP contribution in [0.25, 0.3) is 0 Å². The van der Waals surface area contributed by atoms with E-state index in [0.717, 1.165) is 12.8 Å². The van der Waals surface area contributed by atoms with E-state index in [1.165, 1.54) is 103 Å². The zero-order valence-electron chi connectivity index (χ0n) is 18.1. The van der Waals surface area contributed by atoms with E-state index < -0.39 is 11.8 Å². The molecule has 0 aliphatic carbocycles. The first-order valence-electron chi connectivity index (χ1n) is 11.6. The largest absolute Gasteiger partial charge is 0.465 e. The molecule has 2 N–H and O–H groups in total. The Labute approximate surface area is 168 Å². The maximum atomic E-state index is 11.1. The number of methoxy groups -OCH3 is 1. The number of aliphatic hydroxyl groups is 2. The van der Waals surface area contributed by atoms with Gasteiger partial charge in [0.05, 0.1) is 7.11 Å². The molecular formula is C23H46O4. The molecule has 0 saturated heterocycles. The second-order valence-electron chi connectivity index (χ2n) is 8.07. The van der Waals surface area contributed by atoms with Crippen LogP contribution in [0.5, 0.6) is 0 Å². The molecule has 0 heterocycles. The predicted octanol–water partition coefficient (Wildman–Crippen LogP) is 6.27. The molecular weight excluding hydrogens is 340 g/mol. The molecule has 0 aliphatic rings. The number of hydrogen-bond donors (Lipinski definition) is 2. The average molecular weight is 387 g/mol. The number of carbonyl (C=O) groups is 1. The van der Waals surface area contributed by atoms with Crippen LogP contribution in [0.2, 0.25) is 0 Å². The summed E-state index contributed by atoms with van der Waals surface area (Å²) >= 11 is 0. The molecule has 0 aromatic rings. The van der Waals surface area contributed by atoms with Gasteiger partial charge < -0.3 is 14.9 Å². The van der Waals surface area contributed by atoms with Gasteiger partial charge in [0.2, 0.25) is 0 Å². The molecule has 4 heteroatoms. The number of carbonyl (C=O) groups excluding carboxylic acids is 1. The van der Waals surface area contributed by atoms with Crippen LogP contribution in [-0.4, -0.2) is 29.1 Å². The van der Waals surface area contributed by atoms with Crippen molar-refractivity contribution in [3.63, 3.8) is 0 Å². The molecule has 0 saturated carbocycles. The lowest BCUT2D eigenvalue weighted by atomic mass is 10.0. The Hall–Kier alpha value is -0.610. The molecule has 0 radical (unpaired) electrons. The number of esters is 1. The zero-order chi connectivity index (χ0) is 20.2. The van der Waals surface area contributed by atoms with E-state index in [4.69, 9.17) is 0 Å². The third-order valence-corrected chi connectivity index (χ3v) is 5.39. The van der Waals surface area contributed by atoms with Crippen LogP contribution in [0.1, 0.15) is 129 Å². The summed E-state index contributed by atoms with van der Waals surface area (Å²) in [6.45, 7) is 2.27. The van der Waals surface area contributed by atoms with Crippen molar-refractivity contribution in [3.8, 4) is 0 Å². The van der Waals surface area contributed by atoms with Gasteiger partial charge in [-0.15, -0.1) is 0 Å². The van der Waals surface area contributed by atoms with Gasteiger partial charge in [-0.1, -0.05) is 116 Å². The van der Waals surface area contributed by atoms with Crippen molar-refractivity contribution in [2.45, 2.75) is 135 Å². The second-order valence-corrected chi connectivity index (χ2v) is 8.07. The molecule has 0 unspecified atom stereocenters. The van der Waals surface area contributed by atoms with Crippen LogP contribution in [-0.2, 0) is 9.53 Å². The normalized spacial score (nSPS) is 11.7. The Kier molecular flexibility index (Phi) is 18.3. The van der Waals surface area contributed by atoms with Crippen LogP contribution in [0.15, 0.2) is 0 Å².